The van der Waals surface area contributed by atoms with Crippen LogP contribution >= 0.6 is 0 Å². The lowest BCUT2D eigenvalue weighted by Gasteiger charge is -2.08. The van der Waals surface area contributed by atoms with E-state index in [1.54, 1.807) is 0 Å². The fourth-order valence-electron chi connectivity index (χ4n) is 1.80. The van der Waals surface area contributed by atoms with Crippen molar-refractivity contribution >= 4 is 0 Å². The second-order valence-corrected chi connectivity index (χ2v) is 3.88. The van der Waals surface area contributed by atoms with Crippen LogP contribution in [0.25, 0.3) is 0 Å². The summed E-state index contributed by atoms with van der Waals surface area (Å²) in [5.41, 5.74) is 5.91. The highest BCUT2D eigenvalue weighted by Gasteiger charge is 2.42. The van der Waals surface area contributed by atoms with Crippen LogP contribution in [0.1, 0.15) is 33.6 Å². The van der Waals surface area contributed by atoms with Gasteiger partial charge in [-0.15, -0.1) is 0 Å². The zero-order valence-corrected chi connectivity index (χ0v) is 7.30. The maximum atomic E-state index is 5.91. The van der Waals surface area contributed by atoms with Crippen LogP contribution in [0.3, 0.4) is 0 Å². The molecule has 3 atom stereocenters. The van der Waals surface area contributed by atoms with Gasteiger partial charge in [0.05, 0.1) is 0 Å². The molecule has 1 saturated carbocycles. The van der Waals surface area contributed by atoms with Crippen molar-refractivity contribution in [3.63, 3.8) is 0 Å². The van der Waals surface area contributed by atoms with Crippen LogP contribution in [0.5, 0.6) is 0 Å². The van der Waals surface area contributed by atoms with E-state index in [0.29, 0.717) is 6.04 Å². The molecule has 1 fully saturated rings. The van der Waals surface area contributed by atoms with Crippen LogP contribution in [0.2, 0.25) is 0 Å². The molecule has 1 nitrogen and oxygen atoms in total. The summed E-state index contributed by atoms with van der Waals surface area (Å²) in [4.78, 5) is 0. The molecule has 3 unspecified atom stereocenters. The van der Waals surface area contributed by atoms with E-state index in [2.05, 4.69) is 20.8 Å². The minimum atomic E-state index is 0.479. The van der Waals surface area contributed by atoms with Gasteiger partial charge in [0.25, 0.3) is 0 Å². The molecule has 1 rings (SSSR count). The van der Waals surface area contributed by atoms with Gasteiger partial charge in [-0.05, 0) is 30.6 Å². The monoisotopic (exact) mass is 141 g/mol. The molecule has 0 radical (unpaired) electrons. The Morgan fingerprint density at radius 1 is 1.40 bits per heavy atom. The standard InChI is InChI=1S/C9H19N/c1-4-9(10)8-5-7(8)6(2)3/h6-9H,4-5,10H2,1-3H3. The van der Waals surface area contributed by atoms with Crippen LogP contribution in [0, 0.1) is 17.8 Å². The molecular formula is C9H19N. The summed E-state index contributed by atoms with van der Waals surface area (Å²) in [5, 5.41) is 0. The van der Waals surface area contributed by atoms with Crippen molar-refractivity contribution in [1.82, 2.24) is 0 Å². The van der Waals surface area contributed by atoms with Crippen molar-refractivity contribution in [2.24, 2.45) is 23.5 Å². The predicted octanol–water partition coefficient (Wildman–Crippen LogP) is 2.02. The number of nitrogens with two attached hydrogens (primary N) is 1. The Morgan fingerprint density at radius 2 is 2.00 bits per heavy atom. The van der Waals surface area contributed by atoms with Gasteiger partial charge in [-0.2, -0.15) is 0 Å². The first-order valence-corrected chi connectivity index (χ1v) is 4.42. The largest absolute Gasteiger partial charge is 0.327 e. The molecule has 1 heteroatoms. The fraction of sp³-hybridized carbons (Fsp3) is 1.00. The molecule has 0 saturated heterocycles. The third-order valence-corrected chi connectivity index (χ3v) is 2.77. The van der Waals surface area contributed by atoms with Gasteiger partial charge in [0.15, 0.2) is 0 Å². The van der Waals surface area contributed by atoms with Gasteiger partial charge in [-0.25, -0.2) is 0 Å². The molecule has 0 bridgehead atoms. The molecule has 1 aliphatic rings. The third kappa shape index (κ3) is 1.51. The summed E-state index contributed by atoms with van der Waals surface area (Å²) in [5.74, 6) is 2.64. The van der Waals surface area contributed by atoms with Crippen LogP contribution in [0.4, 0.5) is 0 Å². The maximum Gasteiger partial charge on any atom is 0.00673 e. The summed E-state index contributed by atoms with van der Waals surface area (Å²) in [6.45, 7) is 6.78. The first kappa shape index (κ1) is 8.06. The SMILES string of the molecule is CCC(N)C1CC1C(C)C. The van der Waals surface area contributed by atoms with Crippen LogP contribution in [0.15, 0.2) is 0 Å². The van der Waals surface area contributed by atoms with Crippen molar-refractivity contribution in [1.29, 1.82) is 0 Å². The van der Waals surface area contributed by atoms with E-state index >= 15 is 0 Å². The average Bonchev–Trinajstić information content (AvgIpc) is 2.64. The van der Waals surface area contributed by atoms with E-state index in [0.717, 1.165) is 24.2 Å². The average molecular weight is 141 g/mol. The van der Waals surface area contributed by atoms with E-state index in [4.69, 9.17) is 5.73 Å². The quantitative estimate of drug-likeness (QED) is 0.639. The minimum absolute atomic E-state index is 0.479. The summed E-state index contributed by atoms with van der Waals surface area (Å²) in [6, 6.07) is 0.479. The molecular weight excluding hydrogens is 122 g/mol. The van der Waals surface area contributed by atoms with Crippen molar-refractivity contribution in [3.8, 4) is 0 Å². The summed E-state index contributed by atoms with van der Waals surface area (Å²) < 4.78 is 0. The van der Waals surface area contributed by atoms with Crippen LogP contribution < -0.4 is 5.73 Å². The number of hydrogen-bond donors (Lipinski definition) is 1. The Balaban J connectivity index is 2.24. The van der Waals surface area contributed by atoms with Gasteiger partial charge in [0.1, 0.15) is 0 Å². The van der Waals surface area contributed by atoms with E-state index < -0.39 is 0 Å². The Kier molecular flexibility index (Phi) is 2.35. The van der Waals surface area contributed by atoms with Crippen molar-refractivity contribution < 1.29 is 0 Å². The molecule has 0 spiro atoms. The first-order chi connectivity index (χ1) is 4.66. The lowest BCUT2D eigenvalue weighted by Crippen LogP contribution is -2.22. The second kappa shape index (κ2) is 2.91. The van der Waals surface area contributed by atoms with Crippen molar-refractivity contribution in [2.75, 3.05) is 0 Å². The normalized spacial score (nSPS) is 34.5. The molecule has 1 aliphatic carbocycles. The molecule has 0 aromatic carbocycles. The maximum absolute atomic E-state index is 5.91. The van der Waals surface area contributed by atoms with Crippen molar-refractivity contribution in [2.45, 2.75) is 39.7 Å². The summed E-state index contributed by atoms with van der Waals surface area (Å²) in [6.07, 6.45) is 2.53. The smallest absolute Gasteiger partial charge is 0.00673 e. The van der Waals surface area contributed by atoms with Gasteiger partial charge < -0.3 is 5.73 Å². The minimum Gasteiger partial charge on any atom is -0.327 e. The van der Waals surface area contributed by atoms with E-state index in [1.807, 2.05) is 0 Å². The van der Waals surface area contributed by atoms with Gasteiger partial charge >= 0.3 is 0 Å². The number of rotatable bonds is 3. The zero-order valence-electron chi connectivity index (χ0n) is 7.30. The van der Waals surface area contributed by atoms with E-state index in [1.165, 1.54) is 6.42 Å². The molecule has 0 aromatic heterocycles. The first-order valence-electron chi connectivity index (χ1n) is 4.42. The molecule has 60 valence electrons. The Labute approximate surface area is 64.0 Å². The van der Waals surface area contributed by atoms with Gasteiger partial charge in [-0.3, -0.25) is 0 Å². The highest BCUT2D eigenvalue weighted by atomic mass is 14.7. The predicted molar refractivity (Wildman–Crippen MR) is 44.7 cm³/mol. The van der Waals surface area contributed by atoms with Gasteiger partial charge in [0, 0.05) is 6.04 Å². The molecule has 0 aromatic rings. The second-order valence-electron chi connectivity index (χ2n) is 3.88. The van der Waals surface area contributed by atoms with Crippen LogP contribution in [-0.4, -0.2) is 6.04 Å². The Bertz CT molecular complexity index is 109. The van der Waals surface area contributed by atoms with E-state index in [-0.39, 0.29) is 0 Å². The highest BCUT2D eigenvalue weighted by Crippen LogP contribution is 2.46. The molecule has 0 amide bonds. The highest BCUT2D eigenvalue weighted by molar-refractivity contribution is 4.94. The molecule has 0 aliphatic heterocycles. The zero-order chi connectivity index (χ0) is 7.72. The fourth-order valence-corrected chi connectivity index (χ4v) is 1.80. The lowest BCUT2D eigenvalue weighted by molar-refractivity contribution is 0.462. The number of hydrogen-bond acceptors (Lipinski definition) is 1. The topological polar surface area (TPSA) is 26.0 Å². The Hall–Kier alpha value is -0.0400. The lowest BCUT2D eigenvalue weighted by atomic mass is 10.0. The summed E-state index contributed by atoms with van der Waals surface area (Å²) in [7, 11) is 0. The third-order valence-electron chi connectivity index (χ3n) is 2.77. The molecule has 0 heterocycles. The van der Waals surface area contributed by atoms with Crippen LogP contribution in [-0.2, 0) is 0 Å². The van der Waals surface area contributed by atoms with E-state index in [9.17, 15) is 0 Å². The molecule has 2 N–H and O–H groups in total. The molecule has 10 heavy (non-hydrogen) atoms. The van der Waals surface area contributed by atoms with Gasteiger partial charge in [-0.1, -0.05) is 20.8 Å². The van der Waals surface area contributed by atoms with Crippen molar-refractivity contribution in [3.05, 3.63) is 0 Å². The Morgan fingerprint density at radius 3 is 2.30 bits per heavy atom. The van der Waals surface area contributed by atoms with Gasteiger partial charge in [0.2, 0.25) is 0 Å². The summed E-state index contributed by atoms with van der Waals surface area (Å²) >= 11 is 0.